The number of benzene rings is 1. The predicted octanol–water partition coefficient (Wildman–Crippen LogP) is 0.501. The number of rotatable bonds is 2. The minimum atomic E-state index is 0.198. The number of nitrogens with two attached hydrogens (primary N) is 1. The van der Waals surface area contributed by atoms with Gasteiger partial charge in [-0.25, -0.2) is 9.80 Å². The molecule has 0 aliphatic carbocycles. The lowest BCUT2D eigenvalue weighted by Crippen LogP contribution is -2.33. The van der Waals surface area contributed by atoms with Crippen LogP contribution in [-0.4, -0.2) is 13.1 Å². The van der Waals surface area contributed by atoms with Gasteiger partial charge < -0.3 is 10.5 Å². The highest BCUT2D eigenvalue weighted by molar-refractivity contribution is 5.66. The van der Waals surface area contributed by atoms with Crippen LogP contribution in [0.25, 0.3) is 0 Å². The molecule has 0 unspecified atom stereocenters. The highest BCUT2D eigenvalue weighted by atomic mass is 16.5. The van der Waals surface area contributed by atoms with Gasteiger partial charge in [0.05, 0.1) is 12.8 Å². The van der Waals surface area contributed by atoms with Gasteiger partial charge in [-0.1, -0.05) is 18.2 Å². The summed E-state index contributed by atoms with van der Waals surface area (Å²) in [5.74, 6) is 2.39. The molecule has 0 radical (unpaired) electrons. The van der Waals surface area contributed by atoms with E-state index in [1.165, 1.54) is 7.11 Å². The van der Waals surface area contributed by atoms with Gasteiger partial charge in [0.25, 0.3) is 0 Å². The maximum atomic E-state index is 10.7. The molecular weight excluding hydrogens is 206 g/mol. The van der Waals surface area contributed by atoms with Crippen molar-refractivity contribution < 1.29 is 9.53 Å². The summed E-state index contributed by atoms with van der Waals surface area (Å²) in [5, 5.41) is 1.57. The second-order valence-corrected chi connectivity index (χ2v) is 3.18. The summed E-state index contributed by atoms with van der Waals surface area (Å²) in [6.07, 6.45) is 0. The second-order valence-electron chi connectivity index (χ2n) is 3.18. The molecule has 1 aromatic carbocycles. The standard InChI is InChI=1S/C11H11N3O2/c1-16-10-9(7-15)13-14(11(10)12)8-5-3-2-4-6-8/h2-6,13H,12H2,1H3. The summed E-state index contributed by atoms with van der Waals surface area (Å²) >= 11 is 0. The monoisotopic (exact) mass is 217 g/mol. The van der Waals surface area contributed by atoms with Crippen molar-refractivity contribution in [3.8, 4) is 0 Å². The van der Waals surface area contributed by atoms with E-state index in [1.54, 1.807) is 11.0 Å². The zero-order valence-electron chi connectivity index (χ0n) is 8.73. The maximum absolute atomic E-state index is 10.7. The van der Waals surface area contributed by atoms with Gasteiger partial charge in [-0.3, -0.25) is 5.43 Å². The molecule has 0 fully saturated rings. The topological polar surface area (TPSA) is 67.6 Å². The van der Waals surface area contributed by atoms with E-state index in [1.807, 2.05) is 30.3 Å². The fourth-order valence-corrected chi connectivity index (χ4v) is 1.51. The number of nitrogens with zero attached hydrogens (tertiary/aromatic N) is 1. The largest absolute Gasteiger partial charge is 0.490 e. The summed E-state index contributed by atoms with van der Waals surface area (Å²) in [6.45, 7) is 0. The molecule has 16 heavy (non-hydrogen) atoms. The molecule has 5 heteroatoms. The maximum Gasteiger partial charge on any atom is 0.197 e. The van der Waals surface area contributed by atoms with E-state index in [-0.39, 0.29) is 5.70 Å². The summed E-state index contributed by atoms with van der Waals surface area (Å²) in [6, 6.07) is 9.37. The van der Waals surface area contributed by atoms with Crippen LogP contribution >= 0.6 is 0 Å². The van der Waals surface area contributed by atoms with Crippen molar-refractivity contribution in [3.63, 3.8) is 0 Å². The Labute approximate surface area is 92.8 Å². The number of hydrogen-bond donors (Lipinski definition) is 2. The van der Waals surface area contributed by atoms with E-state index in [4.69, 9.17) is 10.5 Å². The normalized spacial score (nSPS) is 14.8. The molecule has 0 saturated carbocycles. The van der Waals surface area contributed by atoms with Crippen LogP contribution in [-0.2, 0) is 9.53 Å². The number of nitrogens with one attached hydrogen (secondary N) is 1. The first-order valence-electron chi connectivity index (χ1n) is 4.69. The summed E-state index contributed by atoms with van der Waals surface area (Å²) in [7, 11) is 1.45. The summed E-state index contributed by atoms with van der Waals surface area (Å²) < 4.78 is 5.03. The number of carbonyl (C=O) groups excluding carboxylic acids is 1. The van der Waals surface area contributed by atoms with Crippen molar-refractivity contribution in [1.82, 2.24) is 5.43 Å². The third-order valence-electron chi connectivity index (χ3n) is 2.24. The lowest BCUT2D eigenvalue weighted by atomic mass is 10.3. The Bertz CT molecular complexity index is 475. The van der Waals surface area contributed by atoms with Gasteiger partial charge in [-0.05, 0) is 12.1 Å². The smallest absolute Gasteiger partial charge is 0.197 e. The van der Waals surface area contributed by atoms with Crippen molar-refractivity contribution in [1.29, 1.82) is 0 Å². The highest BCUT2D eigenvalue weighted by Crippen LogP contribution is 2.24. The molecular formula is C11H11N3O2. The number of methoxy groups -OCH3 is 1. The van der Waals surface area contributed by atoms with Gasteiger partial charge in [-0.2, -0.15) is 0 Å². The van der Waals surface area contributed by atoms with Crippen LogP contribution in [0.5, 0.6) is 0 Å². The van der Waals surface area contributed by atoms with Crippen molar-refractivity contribution in [2.75, 3.05) is 12.1 Å². The molecule has 0 aromatic heterocycles. The van der Waals surface area contributed by atoms with E-state index in [2.05, 4.69) is 5.43 Å². The van der Waals surface area contributed by atoms with E-state index >= 15 is 0 Å². The second kappa shape index (κ2) is 4.00. The Hall–Kier alpha value is -2.39. The molecule has 0 bridgehead atoms. The molecule has 5 nitrogen and oxygen atoms in total. The lowest BCUT2D eigenvalue weighted by molar-refractivity contribution is 0.298. The molecule has 0 saturated heterocycles. The van der Waals surface area contributed by atoms with Crippen LogP contribution in [0.1, 0.15) is 0 Å². The van der Waals surface area contributed by atoms with Crippen molar-refractivity contribution >= 4 is 11.6 Å². The van der Waals surface area contributed by atoms with Gasteiger partial charge in [-0.15, -0.1) is 0 Å². The number of para-hydroxylation sites is 1. The van der Waals surface area contributed by atoms with Gasteiger partial charge >= 0.3 is 0 Å². The van der Waals surface area contributed by atoms with Crippen LogP contribution < -0.4 is 16.2 Å². The Morgan fingerprint density at radius 2 is 2.06 bits per heavy atom. The molecule has 2 rings (SSSR count). The van der Waals surface area contributed by atoms with Gasteiger partial charge in [0.2, 0.25) is 0 Å². The number of ether oxygens (including phenoxy) is 1. The predicted molar refractivity (Wildman–Crippen MR) is 59.5 cm³/mol. The van der Waals surface area contributed by atoms with Crippen LogP contribution in [0, 0.1) is 0 Å². The Morgan fingerprint density at radius 3 is 2.56 bits per heavy atom. The quantitative estimate of drug-likeness (QED) is 0.706. The lowest BCUT2D eigenvalue weighted by Gasteiger charge is -2.18. The van der Waals surface area contributed by atoms with Crippen molar-refractivity contribution in [2.45, 2.75) is 0 Å². The zero-order valence-corrected chi connectivity index (χ0v) is 8.73. The number of hydrazine groups is 1. The molecule has 1 heterocycles. The van der Waals surface area contributed by atoms with E-state index in [9.17, 15) is 4.79 Å². The fourth-order valence-electron chi connectivity index (χ4n) is 1.51. The minimum absolute atomic E-state index is 0.198. The average Bonchev–Trinajstić information content (AvgIpc) is 2.66. The van der Waals surface area contributed by atoms with Crippen LogP contribution in [0.2, 0.25) is 0 Å². The Morgan fingerprint density at radius 1 is 1.38 bits per heavy atom. The Kier molecular flexibility index (Phi) is 2.54. The van der Waals surface area contributed by atoms with Crippen LogP contribution in [0.15, 0.2) is 47.6 Å². The minimum Gasteiger partial charge on any atom is -0.490 e. The average molecular weight is 217 g/mol. The summed E-state index contributed by atoms with van der Waals surface area (Å²) in [5.41, 5.74) is 9.68. The molecule has 1 aromatic rings. The van der Waals surface area contributed by atoms with Gasteiger partial charge in [0, 0.05) is 0 Å². The van der Waals surface area contributed by atoms with E-state index < -0.39 is 0 Å². The van der Waals surface area contributed by atoms with Crippen molar-refractivity contribution in [3.05, 3.63) is 47.6 Å². The van der Waals surface area contributed by atoms with Crippen LogP contribution in [0.4, 0.5) is 5.69 Å². The first kappa shape index (κ1) is 10.1. The molecule has 0 atom stereocenters. The van der Waals surface area contributed by atoms with Crippen molar-refractivity contribution in [2.24, 2.45) is 5.73 Å². The summed E-state index contributed by atoms with van der Waals surface area (Å²) in [4.78, 5) is 10.7. The molecule has 1 aliphatic heterocycles. The Balaban J connectivity index is 2.41. The zero-order chi connectivity index (χ0) is 11.5. The van der Waals surface area contributed by atoms with E-state index in [0.29, 0.717) is 11.6 Å². The third-order valence-corrected chi connectivity index (χ3v) is 2.24. The number of anilines is 1. The molecule has 1 aliphatic rings. The highest BCUT2D eigenvalue weighted by Gasteiger charge is 2.27. The molecule has 3 N–H and O–H groups in total. The number of hydrogen-bond acceptors (Lipinski definition) is 5. The first-order valence-corrected chi connectivity index (χ1v) is 4.69. The molecule has 82 valence electrons. The fraction of sp³-hybridized carbons (Fsp3) is 0.0909. The molecule has 0 amide bonds. The van der Waals surface area contributed by atoms with Gasteiger partial charge in [0.15, 0.2) is 23.2 Å². The van der Waals surface area contributed by atoms with Crippen LogP contribution in [0.3, 0.4) is 0 Å². The first-order chi connectivity index (χ1) is 7.77. The SMILES string of the molecule is COC1=C(N)N(c2ccccc2)NC1=C=O. The third kappa shape index (κ3) is 1.49. The van der Waals surface area contributed by atoms with E-state index in [0.717, 1.165) is 5.69 Å². The molecule has 0 spiro atoms. The van der Waals surface area contributed by atoms with Gasteiger partial charge in [0.1, 0.15) is 0 Å².